The van der Waals surface area contributed by atoms with Crippen LogP contribution >= 0.6 is 23.7 Å². The lowest BCUT2D eigenvalue weighted by molar-refractivity contribution is -0.0498. The Hall–Kier alpha value is -2.03. The van der Waals surface area contributed by atoms with Gasteiger partial charge in [-0.1, -0.05) is 5.16 Å². The van der Waals surface area contributed by atoms with Crippen LogP contribution in [0, 0.1) is 0 Å². The highest BCUT2D eigenvalue weighted by Crippen LogP contribution is 2.34. The van der Waals surface area contributed by atoms with E-state index in [0.717, 1.165) is 15.3 Å². The number of nitrogens with zero attached hydrogens (tertiary/aromatic N) is 2. The molecule has 0 saturated carbocycles. The first-order chi connectivity index (χ1) is 12.0. The maximum atomic E-state index is 12.2. The lowest BCUT2D eigenvalue weighted by Gasteiger charge is -2.04. The number of aromatic nitrogens is 2. The summed E-state index contributed by atoms with van der Waals surface area (Å²) in [5.41, 5.74) is 0.904. The Morgan fingerprint density at radius 3 is 2.50 bits per heavy atom. The number of likely N-dealkylation sites (N-methyl/N-ethyl adjacent to an activating group) is 1. The molecule has 2 heterocycles. The van der Waals surface area contributed by atoms with Crippen LogP contribution in [0.15, 0.2) is 40.9 Å². The minimum Gasteiger partial charge on any atom is -0.435 e. The number of ether oxygens (including phenoxy) is 1. The first kappa shape index (κ1) is 20.3. The molecule has 0 radical (unpaired) electrons. The summed E-state index contributed by atoms with van der Waals surface area (Å²) in [6.07, 6.45) is 0.684. The van der Waals surface area contributed by atoms with Crippen LogP contribution in [0.2, 0.25) is 0 Å². The van der Waals surface area contributed by atoms with Gasteiger partial charge in [0.2, 0.25) is 0 Å². The fourth-order valence-electron chi connectivity index (χ4n) is 2.22. The quantitative estimate of drug-likeness (QED) is 0.625. The van der Waals surface area contributed by atoms with E-state index in [1.165, 1.54) is 23.5 Å². The largest absolute Gasteiger partial charge is 0.435 e. The topological polar surface area (TPSA) is 60.2 Å². The van der Waals surface area contributed by atoms with Crippen molar-refractivity contribution in [1.29, 1.82) is 0 Å². The first-order valence-corrected chi connectivity index (χ1v) is 8.52. The van der Waals surface area contributed by atoms with Crippen LogP contribution in [0.1, 0.15) is 12.7 Å². The summed E-state index contributed by atoms with van der Waals surface area (Å²) in [7, 11) is 1.88. The zero-order chi connectivity index (χ0) is 17.8. The first-order valence-electron chi connectivity index (χ1n) is 7.70. The predicted octanol–water partition coefficient (Wildman–Crippen LogP) is 4.64. The van der Waals surface area contributed by atoms with Gasteiger partial charge < -0.3 is 14.6 Å². The zero-order valence-electron chi connectivity index (χ0n) is 14.1. The molecule has 0 aliphatic carbocycles. The van der Waals surface area contributed by atoms with Gasteiger partial charge in [0.25, 0.3) is 5.89 Å². The van der Waals surface area contributed by atoms with E-state index >= 15 is 0 Å². The molecule has 140 valence electrons. The maximum Gasteiger partial charge on any atom is 0.387 e. The van der Waals surface area contributed by atoms with Crippen LogP contribution in [0.5, 0.6) is 5.75 Å². The highest BCUT2D eigenvalue weighted by Gasteiger charge is 2.14. The molecular formula is C17H18ClF2N3O2S. The molecule has 0 fully saturated rings. The van der Waals surface area contributed by atoms with Gasteiger partial charge >= 0.3 is 6.61 Å². The number of benzene rings is 1. The normalized spacial score (nSPS) is 12.0. The van der Waals surface area contributed by atoms with Crippen LogP contribution in [0.25, 0.3) is 21.2 Å². The van der Waals surface area contributed by atoms with E-state index in [9.17, 15) is 8.78 Å². The molecule has 26 heavy (non-hydrogen) atoms. The van der Waals surface area contributed by atoms with Crippen molar-refractivity contribution in [2.75, 3.05) is 7.05 Å². The van der Waals surface area contributed by atoms with E-state index in [0.29, 0.717) is 18.1 Å². The molecule has 9 heteroatoms. The number of thiophene rings is 1. The SMILES string of the molecule is CNC(C)Cc1noc(-c2ccc(-c3ccc(OC(F)F)cc3)s2)n1.Cl. The highest BCUT2D eigenvalue weighted by atomic mass is 35.5. The Morgan fingerprint density at radius 1 is 1.15 bits per heavy atom. The molecule has 1 aromatic carbocycles. The van der Waals surface area contributed by atoms with E-state index in [1.807, 2.05) is 26.1 Å². The third kappa shape index (κ3) is 5.00. The van der Waals surface area contributed by atoms with Crippen molar-refractivity contribution in [2.45, 2.75) is 26.0 Å². The van der Waals surface area contributed by atoms with E-state index in [-0.39, 0.29) is 24.2 Å². The zero-order valence-corrected chi connectivity index (χ0v) is 15.7. The molecule has 0 spiro atoms. The number of hydrogen-bond acceptors (Lipinski definition) is 6. The Kier molecular flexibility index (Phi) is 7.07. The van der Waals surface area contributed by atoms with Gasteiger partial charge in [0.05, 0.1) is 4.88 Å². The molecule has 0 bridgehead atoms. The number of alkyl halides is 2. The van der Waals surface area contributed by atoms with Crippen molar-refractivity contribution in [3.63, 3.8) is 0 Å². The van der Waals surface area contributed by atoms with Gasteiger partial charge in [-0.15, -0.1) is 23.7 Å². The summed E-state index contributed by atoms with van der Waals surface area (Å²) in [6.45, 7) is -0.780. The Bertz CT molecular complexity index is 824. The van der Waals surface area contributed by atoms with Crippen LogP contribution in [0.3, 0.4) is 0 Å². The van der Waals surface area contributed by atoms with Crippen molar-refractivity contribution in [1.82, 2.24) is 15.5 Å². The highest BCUT2D eigenvalue weighted by molar-refractivity contribution is 7.18. The Balaban J connectivity index is 0.00000243. The average Bonchev–Trinajstić information content (AvgIpc) is 3.24. The second-order valence-electron chi connectivity index (χ2n) is 5.48. The number of halogens is 3. The Labute approximate surface area is 159 Å². The molecule has 0 aliphatic heterocycles. The lowest BCUT2D eigenvalue weighted by Crippen LogP contribution is -2.24. The summed E-state index contributed by atoms with van der Waals surface area (Å²) in [4.78, 5) is 6.25. The van der Waals surface area contributed by atoms with Gasteiger partial charge in [0.15, 0.2) is 5.82 Å². The van der Waals surface area contributed by atoms with Crippen LogP contribution in [-0.4, -0.2) is 29.8 Å². The van der Waals surface area contributed by atoms with Gasteiger partial charge in [0, 0.05) is 17.3 Å². The molecule has 1 N–H and O–H groups in total. The third-order valence-corrected chi connectivity index (χ3v) is 4.75. The van der Waals surface area contributed by atoms with E-state index in [1.54, 1.807) is 12.1 Å². The molecule has 3 rings (SSSR count). The number of hydrogen-bond donors (Lipinski definition) is 1. The van der Waals surface area contributed by atoms with Crippen molar-refractivity contribution < 1.29 is 18.0 Å². The van der Waals surface area contributed by atoms with E-state index in [4.69, 9.17) is 4.52 Å². The second-order valence-corrected chi connectivity index (χ2v) is 6.56. The monoisotopic (exact) mass is 401 g/mol. The smallest absolute Gasteiger partial charge is 0.387 e. The summed E-state index contributed by atoms with van der Waals surface area (Å²) in [5.74, 6) is 1.27. The van der Waals surface area contributed by atoms with Gasteiger partial charge in [-0.2, -0.15) is 13.8 Å². The predicted molar refractivity (Wildman–Crippen MR) is 99.2 cm³/mol. The van der Waals surface area contributed by atoms with Crippen LogP contribution < -0.4 is 10.1 Å². The van der Waals surface area contributed by atoms with Crippen molar-refractivity contribution in [3.8, 4) is 27.0 Å². The summed E-state index contributed by atoms with van der Waals surface area (Å²) in [5, 5.41) is 7.12. The van der Waals surface area contributed by atoms with Gasteiger partial charge in [0.1, 0.15) is 5.75 Å². The molecule has 0 saturated heterocycles. The van der Waals surface area contributed by atoms with Gasteiger partial charge in [-0.05, 0) is 55.9 Å². The second kappa shape index (κ2) is 9.07. The molecule has 0 amide bonds. The van der Waals surface area contributed by atoms with Crippen LogP contribution in [-0.2, 0) is 6.42 Å². The van der Waals surface area contributed by atoms with Gasteiger partial charge in [-0.3, -0.25) is 0 Å². The fraction of sp³-hybridized carbons (Fsp3) is 0.294. The lowest BCUT2D eigenvalue weighted by atomic mass is 10.2. The molecule has 1 unspecified atom stereocenters. The molecule has 0 aliphatic rings. The van der Waals surface area contributed by atoms with Crippen molar-refractivity contribution in [3.05, 3.63) is 42.2 Å². The fourth-order valence-corrected chi connectivity index (χ4v) is 3.15. The summed E-state index contributed by atoms with van der Waals surface area (Å²) >= 11 is 1.50. The molecular weight excluding hydrogens is 384 g/mol. The van der Waals surface area contributed by atoms with Crippen molar-refractivity contribution in [2.24, 2.45) is 0 Å². The maximum absolute atomic E-state index is 12.2. The molecule has 2 aromatic heterocycles. The molecule has 3 aromatic rings. The minimum absolute atomic E-state index is 0. The van der Waals surface area contributed by atoms with E-state index < -0.39 is 6.61 Å². The van der Waals surface area contributed by atoms with Crippen LogP contribution in [0.4, 0.5) is 8.78 Å². The molecule has 1 atom stereocenters. The minimum atomic E-state index is -2.82. The third-order valence-electron chi connectivity index (χ3n) is 3.63. The average molecular weight is 402 g/mol. The van der Waals surface area contributed by atoms with Crippen molar-refractivity contribution >= 4 is 23.7 Å². The number of rotatable bonds is 7. The molecule has 5 nitrogen and oxygen atoms in total. The standard InChI is InChI=1S/C17H17F2N3O2S.ClH/c1-10(20-2)9-15-21-16(24-22-15)14-8-7-13(25-14)11-3-5-12(6-4-11)23-17(18)19;/h3-8,10,17,20H,9H2,1-2H3;1H. The number of nitrogens with one attached hydrogen (secondary N) is 1. The van der Waals surface area contributed by atoms with E-state index in [2.05, 4.69) is 20.2 Å². The summed E-state index contributed by atoms with van der Waals surface area (Å²) in [6, 6.07) is 10.6. The Morgan fingerprint density at radius 2 is 1.85 bits per heavy atom. The summed E-state index contributed by atoms with van der Waals surface area (Å²) < 4.78 is 34.1. The van der Waals surface area contributed by atoms with Gasteiger partial charge in [-0.25, -0.2) is 0 Å².